The van der Waals surface area contributed by atoms with E-state index < -0.39 is 12.0 Å². The molecule has 0 N–H and O–H groups in total. The molecule has 0 atom stereocenters. The van der Waals surface area contributed by atoms with E-state index in [0.717, 1.165) is 41.5 Å². The number of benzene rings is 1. The second kappa shape index (κ2) is 9.45. The predicted octanol–water partition coefficient (Wildman–Crippen LogP) is 2.78. The molecule has 29 heavy (non-hydrogen) atoms. The minimum absolute atomic E-state index is 0.0394. The zero-order valence-electron chi connectivity index (χ0n) is 16.0. The van der Waals surface area contributed by atoms with E-state index in [4.69, 9.17) is 0 Å². The van der Waals surface area contributed by atoms with Crippen LogP contribution in [0.3, 0.4) is 0 Å². The number of amides is 1. The zero-order valence-corrected chi connectivity index (χ0v) is 16.8. The molecule has 10 heteroatoms. The van der Waals surface area contributed by atoms with Gasteiger partial charge in [-0.05, 0) is 5.56 Å². The average molecular weight is 425 g/mol. The lowest BCUT2D eigenvalue weighted by Crippen LogP contribution is -2.49. The number of thioether (sulfide) groups is 1. The molecular formula is C19H22F3N5OS. The summed E-state index contributed by atoms with van der Waals surface area (Å²) in [6.07, 6.45) is -0.380. The Morgan fingerprint density at radius 1 is 1.14 bits per heavy atom. The molecule has 0 bridgehead atoms. The number of carbonyl (C=O) groups is 1. The number of rotatable bonds is 6. The minimum Gasteiger partial charge on any atom is -0.339 e. The fourth-order valence-corrected chi connectivity index (χ4v) is 3.80. The minimum atomic E-state index is -4.56. The Kier molecular flexibility index (Phi) is 6.96. The van der Waals surface area contributed by atoms with Gasteiger partial charge in [0.2, 0.25) is 11.7 Å². The van der Waals surface area contributed by atoms with Crippen LogP contribution in [0.1, 0.15) is 11.4 Å². The fraction of sp³-hybridized carbons (Fsp3) is 0.421. The van der Waals surface area contributed by atoms with E-state index in [9.17, 15) is 18.0 Å². The van der Waals surface area contributed by atoms with Gasteiger partial charge >= 0.3 is 6.18 Å². The van der Waals surface area contributed by atoms with Crippen molar-refractivity contribution in [3.63, 3.8) is 0 Å². The van der Waals surface area contributed by atoms with E-state index in [1.165, 1.54) is 7.05 Å². The molecule has 6 nitrogen and oxygen atoms in total. The van der Waals surface area contributed by atoms with Gasteiger partial charge in [-0.2, -0.15) is 13.2 Å². The first-order valence-electron chi connectivity index (χ1n) is 9.15. The summed E-state index contributed by atoms with van der Waals surface area (Å²) in [6, 6.07) is 10.0. The Hall–Kier alpha value is -2.33. The molecule has 3 rings (SSSR count). The van der Waals surface area contributed by atoms with Gasteiger partial charge in [0, 0.05) is 39.8 Å². The van der Waals surface area contributed by atoms with Gasteiger partial charge < -0.3 is 9.47 Å². The molecule has 0 radical (unpaired) electrons. The van der Waals surface area contributed by atoms with Crippen LogP contribution in [0.25, 0.3) is 6.08 Å². The number of aromatic nitrogens is 3. The Bertz CT molecular complexity index is 845. The van der Waals surface area contributed by atoms with Crippen molar-refractivity contribution >= 4 is 23.7 Å². The van der Waals surface area contributed by atoms with Gasteiger partial charge in [-0.3, -0.25) is 9.69 Å². The molecule has 1 aliphatic rings. The molecular weight excluding hydrogens is 403 g/mol. The normalized spacial score (nSPS) is 15.9. The molecule has 0 aliphatic carbocycles. The first kappa shape index (κ1) is 21.4. The topological polar surface area (TPSA) is 54.3 Å². The summed E-state index contributed by atoms with van der Waals surface area (Å²) in [5.74, 6) is -1.13. The summed E-state index contributed by atoms with van der Waals surface area (Å²) in [6.45, 7) is 3.54. The number of carbonyl (C=O) groups excluding carboxylic acids is 1. The van der Waals surface area contributed by atoms with E-state index in [0.29, 0.717) is 13.1 Å². The summed E-state index contributed by atoms with van der Waals surface area (Å²) >= 11 is 0.971. The third-order valence-corrected chi connectivity index (χ3v) is 5.62. The lowest BCUT2D eigenvalue weighted by molar-refractivity contribution is -0.147. The van der Waals surface area contributed by atoms with Crippen molar-refractivity contribution in [3.05, 3.63) is 47.8 Å². The quantitative estimate of drug-likeness (QED) is 0.667. The van der Waals surface area contributed by atoms with Crippen LogP contribution in [0.15, 0.2) is 41.6 Å². The molecule has 0 saturated carbocycles. The van der Waals surface area contributed by atoms with Crippen LogP contribution in [0.4, 0.5) is 13.2 Å². The van der Waals surface area contributed by atoms with Crippen molar-refractivity contribution in [2.45, 2.75) is 11.3 Å². The third-order valence-electron chi connectivity index (χ3n) is 4.61. The van der Waals surface area contributed by atoms with E-state index in [1.807, 2.05) is 30.3 Å². The van der Waals surface area contributed by atoms with Crippen molar-refractivity contribution in [3.8, 4) is 0 Å². The standard InChI is InChI=1S/C19H22F3N5OS/c1-25-17(19(20,21)22)23-24-18(25)29-14-16(28)27-12-10-26(11-13-27)9-5-8-15-6-3-2-4-7-15/h2-8H,9-14H2,1H3. The third kappa shape index (κ3) is 5.83. The largest absolute Gasteiger partial charge is 0.451 e. The molecule has 1 aliphatic heterocycles. The van der Waals surface area contributed by atoms with Crippen LogP contribution in [-0.4, -0.2) is 68.9 Å². The summed E-state index contributed by atoms with van der Waals surface area (Å²) < 4.78 is 39.1. The van der Waals surface area contributed by atoms with Gasteiger partial charge in [0.25, 0.3) is 0 Å². The molecule has 1 saturated heterocycles. The summed E-state index contributed by atoms with van der Waals surface area (Å²) in [5, 5.41) is 6.79. The Balaban J connectivity index is 1.42. The fourth-order valence-electron chi connectivity index (χ4n) is 2.99. The smallest absolute Gasteiger partial charge is 0.339 e. The van der Waals surface area contributed by atoms with E-state index in [-0.39, 0.29) is 16.8 Å². The van der Waals surface area contributed by atoms with Crippen molar-refractivity contribution in [2.75, 3.05) is 38.5 Å². The lowest BCUT2D eigenvalue weighted by Gasteiger charge is -2.34. The maximum absolute atomic E-state index is 12.8. The SMILES string of the molecule is Cn1c(SCC(=O)N2CCN(CC=Cc3ccccc3)CC2)nnc1C(F)(F)F. The first-order valence-corrected chi connectivity index (χ1v) is 10.1. The summed E-state index contributed by atoms with van der Waals surface area (Å²) in [5.41, 5.74) is 1.15. The van der Waals surface area contributed by atoms with Crippen LogP contribution >= 0.6 is 11.8 Å². The predicted molar refractivity (Wildman–Crippen MR) is 105 cm³/mol. The Morgan fingerprint density at radius 3 is 2.45 bits per heavy atom. The molecule has 1 aromatic heterocycles. The number of piperazine rings is 1. The second-order valence-corrected chi connectivity index (χ2v) is 7.59. The highest BCUT2D eigenvalue weighted by Crippen LogP contribution is 2.29. The Morgan fingerprint density at radius 2 is 1.83 bits per heavy atom. The molecule has 0 spiro atoms. The highest BCUT2D eigenvalue weighted by molar-refractivity contribution is 7.99. The van der Waals surface area contributed by atoms with Crippen LogP contribution in [0.2, 0.25) is 0 Å². The average Bonchev–Trinajstić information content (AvgIpc) is 3.08. The maximum atomic E-state index is 12.8. The number of hydrogen-bond acceptors (Lipinski definition) is 5. The summed E-state index contributed by atoms with van der Waals surface area (Å²) in [4.78, 5) is 16.4. The van der Waals surface area contributed by atoms with Crippen LogP contribution < -0.4 is 0 Å². The molecule has 0 unspecified atom stereocenters. The number of halogens is 3. The van der Waals surface area contributed by atoms with Crippen LogP contribution in [0, 0.1) is 0 Å². The van der Waals surface area contributed by atoms with Gasteiger partial charge in [0.15, 0.2) is 5.16 Å². The molecule has 1 fully saturated rings. The van der Waals surface area contributed by atoms with Gasteiger partial charge in [-0.25, -0.2) is 0 Å². The van der Waals surface area contributed by atoms with Gasteiger partial charge in [-0.1, -0.05) is 54.2 Å². The van der Waals surface area contributed by atoms with Crippen molar-refractivity contribution in [2.24, 2.45) is 7.05 Å². The van der Waals surface area contributed by atoms with E-state index in [1.54, 1.807) is 4.90 Å². The first-order chi connectivity index (χ1) is 13.8. The van der Waals surface area contributed by atoms with Crippen LogP contribution in [-0.2, 0) is 18.0 Å². The molecule has 2 aromatic rings. The molecule has 156 valence electrons. The highest BCUT2D eigenvalue weighted by atomic mass is 32.2. The second-order valence-electron chi connectivity index (χ2n) is 6.65. The van der Waals surface area contributed by atoms with Gasteiger partial charge in [-0.15, -0.1) is 10.2 Å². The van der Waals surface area contributed by atoms with Crippen molar-refractivity contribution in [1.82, 2.24) is 24.6 Å². The van der Waals surface area contributed by atoms with Crippen molar-refractivity contribution < 1.29 is 18.0 Å². The number of alkyl halides is 3. The molecule has 1 aromatic carbocycles. The monoisotopic (exact) mass is 425 g/mol. The lowest BCUT2D eigenvalue weighted by atomic mass is 10.2. The van der Waals surface area contributed by atoms with E-state index in [2.05, 4.69) is 27.2 Å². The zero-order chi connectivity index (χ0) is 20.9. The van der Waals surface area contributed by atoms with Crippen molar-refractivity contribution in [1.29, 1.82) is 0 Å². The maximum Gasteiger partial charge on any atom is 0.451 e. The van der Waals surface area contributed by atoms with Crippen LogP contribution in [0.5, 0.6) is 0 Å². The van der Waals surface area contributed by atoms with E-state index >= 15 is 0 Å². The Labute approximate surface area is 171 Å². The molecule has 2 heterocycles. The summed E-state index contributed by atoms with van der Waals surface area (Å²) in [7, 11) is 1.25. The number of hydrogen-bond donors (Lipinski definition) is 0. The molecule has 1 amide bonds. The van der Waals surface area contributed by atoms with Gasteiger partial charge in [0.1, 0.15) is 0 Å². The highest BCUT2D eigenvalue weighted by Gasteiger charge is 2.37. The number of nitrogens with zero attached hydrogens (tertiary/aromatic N) is 5. The van der Waals surface area contributed by atoms with Gasteiger partial charge in [0.05, 0.1) is 5.75 Å².